The normalized spacial score (nSPS) is 12.0. The van der Waals surface area contributed by atoms with Gasteiger partial charge in [-0.1, -0.05) is 69.3 Å². The number of nitrogens with two attached hydrogens (primary N) is 1. The molecule has 0 aliphatic carbocycles. The highest BCUT2D eigenvalue weighted by molar-refractivity contribution is 6.16. The summed E-state index contributed by atoms with van der Waals surface area (Å²) in [7, 11) is 0. The number of para-hydroxylation sites is 2. The van der Waals surface area contributed by atoms with Gasteiger partial charge in [0.2, 0.25) is 0 Å². The van der Waals surface area contributed by atoms with Crippen LogP contribution in [0, 0.1) is 6.92 Å². The lowest BCUT2D eigenvalue weighted by Gasteiger charge is -2.18. The van der Waals surface area contributed by atoms with Crippen molar-refractivity contribution in [1.82, 2.24) is 14.6 Å². The van der Waals surface area contributed by atoms with E-state index < -0.39 is 0 Å². The Morgan fingerprint density at radius 2 is 1.67 bits per heavy atom. The molecule has 2 aromatic heterocycles. The molecule has 0 saturated carbocycles. The van der Waals surface area contributed by atoms with E-state index in [9.17, 15) is 4.79 Å². The lowest BCUT2D eigenvalue weighted by Crippen LogP contribution is -2.14. The van der Waals surface area contributed by atoms with E-state index in [1.54, 1.807) is 6.21 Å². The summed E-state index contributed by atoms with van der Waals surface area (Å²) in [6.07, 6.45) is 1.71. The summed E-state index contributed by atoms with van der Waals surface area (Å²) in [5.41, 5.74) is 12.9. The van der Waals surface area contributed by atoms with Crippen molar-refractivity contribution in [1.29, 1.82) is 0 Å². The molecule has 0 bridgehead atoms. The minimum atomic E-state index is -0.365. The summed E-state index contributed by atoms with van der Waals surface area (Å²) in [4.78, 5) is 22.9. The zero-order valence-corrected chi connectivity index (χ0v) is 20.8. The molecular formula is C29H28N6O. The van der Waals surface area contributed by atoms with Gasteiger partial charge in [0.05, 0.1) is 17.2 Å². The zero-order chi connectivity index (χ0) is 25.4. The second kappa shape index (κ2) is 8.92. The van der Waals surface area contributed by atoms with Crippen LogP contribution in [0.15, 0.2) is 77.9 Å². The molecule has 0 atom stereocenters. The maximum absolute atomic E-state index is 13.4. The number of carbonyl (C=O) groups excluding carboxylic acids is 1. The van der Waals surface area contributed by atoms with Crippen molar-refractivity contribution in [3.63, 3.8) is 0 Å². The average Bonchev–Trinajstić information content (AvgIpc) is 3.11. The number of fused-ring (bicyclic) bond motifs is 2. The van der Waals surface area contributed by atoms with Crippen molar-refractivity contribution in [2.45, 2.75) is 33.1 Å². The second-order valence-corrected chi connectivity index (χ2v) is 9.90. The van der Waals surface area contributed by atoms with E-state index in [0.29, 0.717) is 27.9 Å². The van der Waals surface area contributed by atoms with Gasteiger partial charge in [0.25, 0.3) is 5.91 Å². The van der Waals surface area contributed by atoms with Gasteiger partial charge in [-0.15, -0.1) is 0 Å². The van der Waals surface area contributed by atoms with Crippen molar-refractivity contribution in [3.8, 4) is 0 Å². The molecule has 0 spiro atoms. The van der Waals surface area contributed by atoms with Crippen LogP contribution in [0.5, 0.6) is 0 Å². The van der Waals surface area contributed by atoms with Crippen LogP contribution >= 0.6 is 0 Å². The number of amides is 1. The summed E-state index contributed by atoms with van der Waals surface area (Å²) in [5, 5.41) is 7.55. The number of carbonyl (C=O) groups is 1. The molecule has 0 aliphatic rings. The molecular weight excluding hydrogens is 448 g/mol. The third-order valence-corrected chi connectivity index (χ3v) is 6.08. The summed E-state index contributed by atoms with van der Waals surface area (Å²) < 4.78 is 1.48. The smallest absolute Gasteiger partial charge is 0.261 e. The molecule has 7 nitrogen and oxygen atoms in total. The molecule has 180 valence electrons. The minimum Gasteiger partial charge on any atom is -0.383 e. The van der Waals surface area contributed by atoms with Crippen molar-refractivity contribution in [2.75, 3.05) is 11.1 Å². The van der Waals surface area contributed by atoms with Crippen LogP contribution < -0.4 is 11.1 Å². The second-order valence-electron chi connectivity index (χ2n) is 9.90. The van der Waals surface area contributed by atoms with Crippen LogP contribution in [-0.2, 0) is 5.41 Å². The summed E-state index contributed by atoms with van der Waals surface area (Å²) in [6.45, 7) is 8.50. The molecule has 0 saturated heterocycles. The molecule has 0 unspecified atom stereocenters. The number of nitrogens with one attached hydrogen (secondary N) is 1. The fourth-order valence-corrected chi connectivity index (χ4v) is 4.10. The highest BCUT2D eigenvalue weighted by atomic mass is 16.1. The number of anilines is 2. The van der Waals surface area contributed by atoms with Crippen LogP contribution in [0.1, 0.15) is 47.8 Å². The molecule has 1 amide bonds. The van der Waals surface area contributed by atoms with Crippen molar-refractivity contribution < 1.29 is 4.79 Å². The van der Waals surface area contributed by atoms with E-state index in [1.807, 2.05) is 67.6 Å². The number of rotatable bonds is 4. The Morgan fingerprint density at radius 3 is 2.33 bits per heavy atom. The first kappa shape index (κ1) is 23.2. The van der Waals surface area contributed by atoms with Crippen LogP contribution in [0.2, 0.25) is 0 Å². The largest absolute Gasteiger partial charge is 0.383 e. The Morgan fingerprint density at radius 1 is 0.972 bits per heavy atom. The first-order valence-electron chi connectivity index (χ1n) is 11.8. The Kier molecular flexibility index (Phi) is 5.76. The van der Waals surface area contributed by atoms with E-state index in [4.69, 9.17) is 15.7 Å². The van der Waals surface area contributed by atoms with Gasteiger partial charge in [0.1, 0.15) is 16.9 Å². The molecule has 36 heavy (non-hydrogen) atoms. The fourth-order valence-electron chi connectivity index (χ4n) is 4.10. The van der Waals surface area contributed by atoms with Crippen LogP contribution in [0.25, 0.3) is 22.2 Å². The molecule has 5 aromatic rings. The number of nitrogen functional groups attached to an aromatic ring is 1. The van der Waals surface area contributed by atoms with E-state index in [-0.39, 0.29) is 22.7 Å². The molecule has 3 N–H and O–H groups in total. The van der Waals surface area contributed by atoms with Gasteiger partial charge in [-0.2, -0.15) is 9.78 Å². The lowest BCUT2D eigenvalue weighted by atomic mass is 9.87. The monoisotopic (exact) mass is 476 g/mol. The highest BCUT2D eigenvalue weighted by Crippen LogP contribution is 2.29. The van der Waals surface area contributed by atoms with Crippen molar-refractivity contribution in [2.24, 2.45) is 5.10 Å². The van der Waals surface area contributed by atoms with Gasteiger partial charge in [0, 0.05) is 5.69 Å². The third kappa shape index (κ3) is 4.43. The van der Waals surface area contributed by atoms with E-state index in [0.717, 1.165) is 11.1 Å². The zero-order valence-electron chi connectivity index (χ0n) is 20.8. The van der Waals surface area contributed by atoms with Gasteiger partial charge in [-0.25, -0.2) is 9.97 Å². The highest BCUT2D eigenvalue weighted by Gasteiger charge is 2.24. The molecule has 3 aromatic carbocycles. The predicted molar refractivity (Wildman–Crippen MR) is 147 cm³/mol. The first-order chi connectivity index (χ1) is 17.2. The number of hydrogen-bond acceptors (Lipinski definition) is 5. The number of benzene rings is 3. The molecule has 5 rings (SSSR count). The molecule has 0 aliphatic heterocycles. The Balaban J connectivity index is 1.61. The van der Waals surface area contributed by atoms with E-state index in [1.165, 1.54) is 10.2 Å². The van der Waals surface area contributed by atoms with Crippen LogP contribution in [-0.4, -0.2) is 26.8 Å². The summed E-state index contributed by atoms with van der Waals surface area (Å²) in [6, 6.07) is 23.3. The standard InChI is InChI=1S/C29H28N6O/c1-18-8-7-9-21(16-18)32-28(36)24-25-27(34-23-11-6-5-10-22(23)33-25)35(26(24)30)31-17-19-12-14-20(15-13-19)29(2,3)4/h5-17H,30H2,1-4H3,(H,32,36)/b31-17-. The number of nitrogens with zero attached hydrogens (tertiary/aromatic N) is 4. The fraction of sp³-hybridized carbons (Fsp3) is 0.172. The quantitative estimate of drug-likeness (QED) is 0.315. The van der Waals surface area contributed by atoms with Crippen molar-refractivity contribution >= 4 is 45.8 Å². The third-order valence-electron chi connectivity index (χ3n) is 6.08. The molecule has 2 heterocycles. The van der Waals surface area contributed by atoms with Gasteiger partial charge >= 0.3 is 0 Å². The topological polar surface area (TPSA) is 98.2 Å². The summed E-state index contributed by atoms with van der Waals surface area (Å²) >= 11 is 0. The Bertz CT molecular complexity index is 1620. The van der Waals surface area contributed by atoms with E-state index >= 15 is 0 Å². The number of hydrogen-bond donors (Lipinski definition) is 2. The molecule has 7 heteroatoms. The maximum Gasteiger partial charge on any atom is 0.261 e. The number of aryl methyl sites for hydroxylation is 1. The lowest BCUT2D eigenvalue weighted by molar-refractivity contribution is 0.102. The average molecular weight is 477 g/mol. The minimum absolute atomic E-state index is 0.0624. The van der Waals surface area contributed by atoms with Crippen molar-refractivity contribution in [3.05, 3.63) is 95.1 Å². The van der Waals surface area contributed by atoms with Gasteiger partial charge in [-0.3, -0.25) is 4.79 Å². The SMILES string of the molecule is Cc1cccc(NC(=O)c2c(N)n(/N=C\c3ccc(C(C)(C)C)cc3)c3nc4ccccc4nc23)c1. The van der Waals surface area contributed by atoms with Gasteiger partial charge < -0.3 is 11.1 Å². The van der Waals surface area contributed by atoms with Gasteiger partial charge in [-0.05, 0) is 53.3 Å². The molecule has 0 fully saturated rings. The van der Waals surface area contributed by atoms with Crippen LogP contribution in [0.4, 0.5) is 11.5 Å². The number of aromatic nitrogens is 3. The van der Waals surface area contributed by atoms with Crippen LogP contribution in [0.3, 0.4) is 0 Å². The predicted octanol–water partition coefficient (Wildman–Crippen LogP) is 5.91. The van der Waals surface area contributed by atoms with E-state index in [2.05, 4.69) is 43.3 Å². The Labute approximate surface area is 209 Å². The first-order valence-corrected chi connectivity index (χ1v) is 11.8. The maximum atomic E-state index is 13.4. The molecule has 0 radical (unpaired) electrons. The Hall–Kier alpha value is -4.52. The summed E-state index contributed by atoms with van der Waals surface area (Å²) in [5.74, 6) is -0.191. The van der Waals surface area contributed by atoms with Gasteiger partial charge in [0.15, 0.2) is 5.65 Å².